The Morgan fingerprint density at radius 2 is 2.14 bits per heavy atom. The summed E-state index contributed by atoms with van der Waals surface area (Å²) in [5.74, 6) is 1.77. The molecule has 0 spiro atoms. The molecule has 0 aromatic heterocycles. The Hall–Kier alpha value is -1.89. The van der Waals surface area contributed by atoms with E-state index in [0.29, 0.717) is 29.4 Å². The first-order chi connectivity index (χ1) is 6.85. The van der Waals surface area contributed by atoms with Crippen molar-refractivity contribution in [2.75, 3.05) is 13.4 Å². The lowest BCUT2D eigenvalue weighted by atomic mass is 10.2. The summed E-state index contributed by atoms with van der Waals surface area (Å²) in [6.07, 6.45) is 0. The van der Waals surface area contributed by atoms with Crippen LogP contribution in [0.5, 0.6) is 17.2 Å². The summed E-state index contributed by atoms with van der Waals surface area (Å²) < 4.78 is 15.6. The van der Waals surface area contributed by atoms with Gasteiger partial charge in [-0.25, -0.2) is 0 Å². The van der Waals surface area contributed by atoms with Gasteiger partial charge in [-0.2, -0.15) is 5.26 Å². The molecule has 0 atom stereocenters. The average Bonchev–Trinajstić information content (AvgIpc) is 2.64. The van der Waals surface area contributed by atoms with Crippen LogP contribution in [0.4, 0.5) is 0 Å². The summed E-state index contributed by atoms with van der Waals surface area (Å²) in [6.45, 7) is 2.59. The second kappa shape index (κ2) is 3.46. The van der Waals surface area contributed by atoms with Gasteiger partial charge in [0.2, 0.25) is 6.79 Å². The van der Waals surface area contributed by atoms with Crippen LogP contribution >= 0.6 is 0 Å². The van der Waals surface area contributed by atoms with Gasteiger partial charge in [0.25, 0.3) is 0 Å². The molecule has 72 valence electrons. The van der Waals surface area contributed by atoms with Crippen LogP contribution in [0.1, 0.15) is 12.5 Å². The minimum Gasteiger partial charge on any atom is -0.492 e. The summed E-state index contributed by atoms with van der Waals surface area (Å²) in [5, 5.41) is 8.85. The van der Waals surface area contributed by atoms with Gasteiger partial charge in [0, 0.05) is 12.1 Å². The monoisotopic (exact) mass is 191 g/mol. The molecule has 1 aliphatic heterocycles. The number of fused-ring (bicyclic) bond motifs is 1. The Kier molecular flexibility index (Phi) is 2.15. The van der Waals surface area contributed by atoms with Crippen molar-refractivity contribution >= 4 is 0 Å². The van der Waals surface area contributed by atoms with Crippen LogP contribution in [0.25, 0.3) is 0 Å². The summed E-state index contributed by atoms with van der Waals surface area (Å²) in [5.41, 5.74) is 0.469. The van der Waals surface area contributed by atoms with E-state index >= 15 is 0 Å². The number of rotatable bonds is 2. The number of hydrogen-bond donors (Lipinski definition) is 0. The Balaban J connectivity index is 2.45. The van der Waals surface area contributed by atoms with Gasteiger partial charge in [0.05, 0.1) is 12.2 Å². The molecule has 0 N–H and O–H groups in total. The Labute approximate surface area is 81.6 Å². The first kappa shape index (κ1) is 8.70. The van der Waals surface area contributed by atoms with Crippen LogP contribution in [-0.4, -0.2) is 13.4 Å². The molecule has 1 aromatic rings. The molecule has 0 saturated carbocycles. The van der Waals surface area contributed by atoms with E-state index in [-0.39, 0.29) is 6.79 Å². The van der Waals surface area contributed by atoms with Gasteiger partial charge in [0.15, 0.2) is 11.5 Å². The molecule has 1 aliphatic rings. The smallest absolute Gasteiger partial charge is 0.231 e. The van der Waals surface area contributed by atoms with Gasteiger partial charge in [0.1, 0.15) is 11.8 Å². The van der Waals surface area contributed by atoms with E-state index in [2.05, 4.69) is 0 Å². The minimum absolute atomic E-state index is 0.204. The van der Waals surface area contributed by atoms with E-state index in [1.165, 1.54) is 0 Å². The molecule has 1 aromatic carbocycles. The van der Waals surface area contributed by atoms with Crippen molar-refractivity contribution in [3.8, 4) is 23.3 Å². The molecular formula is C10H9NO3. The van der Waals surface area contributed by atoms with Gasteiger partial charge in [-0.3, -0.25) is 0 Å². The fourth-order valence-electron chi connectivity index (χ4n) is 1.29. The first-order valence-electron chi connectivity index (χ1n) is 4.31. The highest BCUT2D eigenvalue weighted by molar-refractivity contribution is 5.55. The molecule has 1 heterocycles. The quantitative estimate of drug-likeness (QED) is 0.713. The second-order valence-corrected chi connectivity index (χ2v) is 2.75. The molecule has 0 radical (unpaired) electrons. The molecule has 0 amide bonds. The fraction of sp³-hybridized carbons (Fsp3) is 0.300. The Morgan fingerprint density at radius 1 is 1.43 bits per heavy atom. The van der Waals surface area contributed by atoms with Crippen molar-refractivity contribution in [2.45, 2.75) is 6.92 Å². The van der Waals surface area contributed by atoms with Crippen molar-refractivity contribution < 1.29 is 14.2 Å². The van der Waals surface area contributed by atoms with Gasteiger partial charge < -0.3 is 14.2 Å². The van der Waals surface area contributed by atoms with Crippen LogP contribution in [0, 0.1) is 11.3 Å². The zero-order valence-corrected chi connectivity index (χ0v) is 7.74. The summed E-state index contributed by atoms with van der Waals surface area (Å²) in [6, 6.07) is 5.37. The average molecular weight is 191 g/mol. The molecule has 0 saturated heterocycles. The predicted octanol–water partition coefficient (Wildman–Crippen LogP) is 1.69. The van der Waals surface area contributed by atoms with Gasteiger partial charge in [-0.1, -0.05) is 0 Å². The van der Waals surface area contributed by atoms with Crippen LogP contribution in [0.3, 0.4) is 0 Å². The maximum atomic E-state index is 8.85. The third kappa shape index (κ3) is 1.33. The molecular weight excluding hydrogens is 182 g/mol. The van der Waals surface area contributed by atoms with Crippen molar-refractivity contribution in [1.82, 2.24) is 0 Å². The number of ether oxygens (including phenoxy) is 3. The van der Waals surface area contributed by atoms with E-state index in [1.807, 2.05) is 13.0 Å². The highest BCUT2D eigenvalue weighted by Crippen LogP contribution is 2.37. The highest BCUT2D eigenvalue weighted by atomic mass is 16.7. The zero-order chi connectivity index (χ0) is 9.97. The van der Waals surface area contributed by atoms with E-state index < -0.39 is 0 Å². The summed E-state index contributed by atoms with van der Waals surface area (Å²) >= 11 is 0. The van der Waals surface area contributed by atoms with E-state index in [0.717, 1.165) is 0 Å². The van der Waals surface area contributed by atoms with E-state index in [9.17, 15) is 0 Å². The fourth-order valence-corrected chi connectivity index (χ4v) is 1.29. The van der Waals surface area contributed by atoms with Crippen LogP contribution < -0.4 is 14.2 Å². The number of benzene rings is 1. The predicted molar refractivity (Wildman–Crippen MR) is 48.4 cm³/mol. The maximum absolute atomic E-state index is 8.85. The van der Waals surface area contributed by atoms with Gasteiger partial charge >= 0.3 is 0 Å². The van der Waals surface area contributed by atoms with Crippen LogP contribution in [-0.2, 0) is 0 Å². The van der Waals surface area contributed by atoms with E-state index in [4.69, 9.17) is 19.5 Å². The zero-order valence-electron chi connectivity index (χ0n) is 7.74. The molecule has 0 unspecified atom stereocenters. The third-order valence-electron chi connectivity index (χ3n) is 1.90. The van der Waals surface area contributed by atoms with Crippen molar-refractivity contribution in [3.05, 3.63) is 17.7 Å². The lowest BCUT2D eigenvalue weighted by Gasteiger charge is -2.05. The van der Waals surface area contributed by atoms with Gasteiger partial charge in [-0.15, -0.1) is 0 Å². The summed E-state index contributed by atoms with van der Waals surface area (Å²) in [7, 11) is 0. The standard InChI is InChI=1S/C10H9NO3/c1-2-12-8-4-10-9(13-6-14-10)3-7(8)5-11/h3-4H,2,6H2,1H3. The maximum Gasteiger partial charge on any atom is 0.231 e. The lowest BCUT2D eigenvalue weighted by Crippen LogP contribution is -1.94. The number of nitriles is 1. The third-order valence-corrected chi connectivity index (χ3v) is 1.90. The molecule has 0 aliphatic carbocycles. The number of hydrogen-bond acceptors (Lipinski definition) is 4. The van der Waals surface area contributed by atoms with Crippen molar-refractivity contribution in [3.63, 3.8) is 0 Å². The lowest BCUT2D eigenvalue weighted by molar-refractivity contribution is 0.174. The van der Waals surface area contributed by atoms with Crippen molar-refractivity contribution in [1.29, 1.82) is 5.26 Å². The molecule has 2 rings (SSSR count). The topological polar surface area (TPSA) is 51.5 Å². The molecule has 4 heteroatoms. The van der Waals surface area contributed by atoms with Crippen LogP contribution in [0.15, 0.2) is 12.1 Å². The summed E-state index contributed by atoms with van der Waals surface area (Å²) in [4.78, 5) is 0. The molecule has 14 heavy (non-hydrogen) atoms. The number of nitrogens with zero attached hydrogens (tertiary/aromatic N) is 1. The molecule has 0 bridgehead atoms. The largest absolute Gasteiger partial charge is 0.492 e. The minimum atomic E-state index is 0.204. The molecule has 4 nitrogen and oxygen atoms in total. The van der Waals surface area contributed by atoms with E-state index in [1.54, 1.807) is 12.1 Å². The Bertz CT molecular complexity index is 395. The second-order valence-electron chi connectivity index (χ2n) is 2.75. The van der Waals surface area contributed by atoms with Crippen molar-refractivity contribution in [2.24, 2.45) is 0 Å². The van der Waals surface area contributed by atoms with Gasteiger partial charge in [-0.05, 0) is 6.92 Å². The molecule has 0 fully saturated rings. The first-order valence-corrected chi connectivity index (χ1v) is 4.31. The Morgan fingerprint density at radius 3 is 2.79 bits per heavy atom. The van der Waals surface area contributed by atoms with Crippen LogP contribution in [0.2, 0.25) is 0 Å². The highest BCUT2D eigenvalue weighted by Gasteiger charge is 2.17. The normalized spacial score (nSPS) is 12.3. The SMILES string of the molecule is CCOc1cc2c(cc1C#N)OCO2.